The first kappa shape index (κ1) is 10.1. The summed E-state index contributed by atoms with van der Waals surface area (Å²) in [4.78, 5) is 3.39. The van der Waals surface area contributed by atoms with Gasteiger partial charge < -0.3 is 11.5 Å². The second kappa shape index (κ2) is 3.06. The third-order valence-corrected chi connectivity index (χ3v) is 1.95. The van der Waals surface area contributed by atoms with Crippen LogP contribution in [-0.4, -0.2) is 4.98 Å². The molecule has 0 saturated heterocycles. The van der Waals surface area contributed by atoms with Crippen molar-refractivity contribution in [1.82, 2.24) is 4.98 Å². The number of hydrogen-bond acceptors (Lipinski definition) is 3. The van der Waals surface area contributed by atoms with E-state index < -0.39 is 11.7 Å². The summed E-state index contributed by atoms with van der Waals surface area (Å²) in [6, 6.07) is 0.742. The highest BCUT2D eigenvalue weighted by atomic mass is 79.9. The fraction of sp³-hybridized carbons (Fsp3) is 0.167. The molecular formula is C6H5BrF3N3. The Morgan fingerprint density at radius 3 is 2.31 bits per heavy atom. The van der Waals surface area contributed by atoms with Gasteiger partial charge in [0.2, 0.25) is 0 Å². The van der Waals surface area contributed by atoms with Gasteiger partial charge in [0.1, 0.15) is 10.4 Å². The second-order valence-corrected chi connectivity index (χ2v) is 3.05. The minimum atomic E-state index is -4.48. The van der Waals surface area contributed by atoms with E-state index in [2.05, 4.69) is 20.9 Å². The van der Waals surface area contributed by atoms with Crippen molar-refractivity contribution in [3.05, 3.63) is 16.2 Å². The summed E-state index contributed by atoms with van der Waals surface area (Å²) in [5, 5.41) is 0. The summed E-state index contributed by atoms with van der Waals surface area (Å²) >= 11 is 2.65. The summed E-state index contributed by atoms with van der Waals surface area (Å²) in [7, 11) is 0. The zero-order chi connectivity index (χ0) is 10.2. The predicted molar refractivity (Wildman–Crippen MR) is 45.8 cm³/mol. The van der Waals surface area contributed by atoms with Gasteiger partial charge in [0.25, 0.3) is 0 Å². The standard InChI is InChI=1S/C6H5BrF3N3/c7-4-2(6(8,9)10)1-3(11)5(12)13-4/h1H,11H2,(H2,12,13). The number of nitrogens with zero attached hydrogens (tertiary/aromatic N) is 1. The van der Waals surface area contributed by atoms with Crippen LogP contribution in [-0.2, 0) is 6.18 Å². The molecule has 0 amide bonds. The largest absolute Gasteiger partial charge is 0.419 e. The smallest absolute Gasteiger partial charge is 0.396 e. The number of halogens is 4. The summed E-state index contributed by atoms with van der Waals surface area (Å²) in [6.07, 6.45) is -4.48. The number of nitrogens with two attached hydrogens (primary N) is 2. The average molecular weight is 256 g/mol. The molecule has 3 nitrogen and oxygen atoms in total. The van der Waals surface area contributed by atoms with Gasteiger partial charge in [0, 0.05) is 0 Å². The zero-order valence-electron chi connectivity index (χ0n) is 6.19. The van der Waals surface area contributed by atoms with Crippen molar-refractivity contribution in [2.24, 2.45) is 0 Å². The summed E-state index contributed by atoms with van der Waals surface area (Å²) in [5.41, 5.74) is 9.26. The molecule has 0 aliphatic heterocycles. The van der Waals surface area contributed by atoms with Gasteiger partial charge in [-0.3, -0.25) is 0 Å². The first-order chi connectivity index (χ1) is 5.82. The SMILES string of the molecule is Nc1cc(C(F)(F)F)c(Br)nc1N. The Labute approximate surface area is 80.1 Å². The topological polar surface area (TPSA) is 64.9 Å². The molecule has 0 aliphatic rings. The zero-order valence-corrected chi connectivity index (χ0v) is 7.78. The van der Waals surface area contributed by atoms with Crippen molar-refractivity contribution in [2.75, 3.05) is 11.5 Å². The van der Waals surface area contributed by atoms with Crippen LogP contribution in [0.4, 0.5) is 24.7 Å². The molecule has 0 saturated carbocycles. The van der Waals surface area contributed by atoms with E-state index in [9.17, 15) is 13.2 Å². The highest BCUT2D eigenvalue weighted by molar-refractivity contribution is 9.10. The van der Waals surface area contributed by atoms with E-state index in [0.717, 1.165) is 6.07 Å². The van der Waals surface area contributed by atoms with E-state index >= 15 is 0 Å². The number of hydrogen-bond donors (Lipinski definition) is 2. The maximum absolute atomic E-state index is 12.2. The number of pyridine rings is 1. The molecule has 0 unspecified atom stereocenters. The minimum Gasteiger partial charge on any atom is -0.396 e. The van der Waals surface area contributed by atoms with Crippen LogP contribution in [0.5, 0.6) is 0 Å². The first-order valence-electron chi connectivity index (χ1n) is 3.11. The molecule has 7 heteroatoms. The number of anilines is 2. The van der Waals surface area contributed by atoms with Crippen molar-refractivity contribution in [3.63, 3.8) is 0 Å². The normalized spacial score (nSPS) is 11.7. The lowest BCUT2D eigenvalue weighted by atomic mass is 10.2. The minimum absolute atomic E-state index is 0.125. The van der Waals surface area contributed by atoms with E-state index in [-0.39, 0.29) is 16.1 Å². The van der Waals surface area contributed by atoms with Crippen LogP contribution in [0.2, 0.25) is 0 Å². The molecule has 0 radical (unpaired) electrons. The van der Waals surface area contributed by atoms with E-state index in [1.54, 1.807) is 0 Å². The van der Waals surface area contributed by atoms with Gasteiger partial charge in [0.15, 0.2) is 0 Å². The Morgan fingerprint density at radius 2 is 1.85 bits per heavy atom. The maximum Gasteiger partial charge on any atom is 0.419 e. The van der Waals surface area contributed by atoms with Gasteiger partial charge in [-0.05, 0) is 22.0 Å². The van der Waals surface area contributed by atoms with Crippen LogP contribution in [0.1, 0.15) is 5.56 Å². The highest BCUT2D eigenvalue weighted by Crippen LogP contribution is 2.35. The van der Waals surface area contributed by atoms with Gasteiger partial charge in [-0.25, -0.2) is 4.98 Å². The number of nitrogen functional groups attached to an aromatic ring is 2. The molecule has 1 rings (SSSR count). The molecule has 0 bridgehead atoms. The third kappa shape index (κ3) is 2.03. The Balaban J connectivity index is 3.32. The van der Waals surface area contributed by atoms with Crippen molar-refractivity contribution in [2.45, 2.75) is 6.18 Å². The maximum atomic E-state index is 12.2. The predicted octanol–water partition coefficient (Wildman–Crippen LogP) is 2.03. The lowest BCUT2D eigenvalue weighted by molar-refractivity contribution is -0.138. The molecule has 1 heterocycles. The van der Waals surface area contributed by atoms with E-state index in [4.69, 9.17) is 11.5 Å². The van der Waals surface area contributed by atoms with Crippen molar-refractivity contribution in [3.8, 4) is 0 Å². The van der Waals surface area contributed by atoms with E-state index in [1.165, 1.54) is 0 Å². The van der Waals surface area contributed by atoms with Crippen LogP contribution in [0.3, 0.4) is 0 Å². The number of aromatic nitrogens is 1. The van der Waals surface area contributed by atoms with Crippen LogP contribution in [0.15, 0.2) is 10.7 Å². The van der Waals surface area contributed by atoms with Gasteiger partial charge in [-0.15, -0.1) is 0 Å². The number of alkyl halides is 3. The summed E-state index contributed by atoms with van der Waals surface area (Å²) in [5.74, 6) is -0.125. The van der Waals surface area contributed by atoms with E-state index in [1.807, 2.05) is 0 Å². The van der Waals surface area contributed by atoms with Gasteiger partial charge >= 0.3 is 6.18 Å². The Kier molecular flexibility index (Phi) is 2.38. The Bertz CT molecular complexity index is 337. The Hall–Kier alpha value is -0.980. The van der Waals surface area contributed by atoms with Crippen molar-refractivity contribution < 1.29 is 13.2 Å². The van der Waals surface area contributed by atoms with E-state index in [0.29, 0.717) is 0 Å². The lowest BCUT2D eigenvalue weighted by Crippen LogP contribution is -2.10. The van der Waals surface area contributed by atoms with Crippen LogP contribution in [0, 0.1) is 0 Å². The van der Waals surface area contributed by atoms with Gasteiger partial charge in [0.05, 0.1) is 11.3 Å². The lowest BCUT2D eigenvalue weighted by Gasteiger charge is -2.09. The quantitative estimate of drug-likeness (QED) is 0.698. The van der Waals surface area contributed by atoms with Crippen LogP contribution in [0.25, 0.3) is 0 Å². The molecular weight excluding hydrogens is 251 g/mol. The molecule has 0 atom stereocenters. The van der Waals surface area contributed by atoms with Crippen LogP contribution >= 0.6 is 15.9 Å². The fourth-order valence-corrected chi connectivity index (χ4v) is 1.25. The highest BCUT2D eigenvalue weighted by Gasteiger charge is 2.34. The molecule has 1 aromatic heterocycles. The Morgan fingerprint density at radius 1 is 1.31 bits per heavy atom. The number of rotatable bonds is 0. The van der Waals surface area contributed by atoms with Gasteiger partial charge in [-0.1, -0.05) is 0 Å². The summed E-state index contributed by atoms with van der Waals surface area (Å²) in [6.45, 7) is 0. The summed E-state index contributed by atoms with van der Waals surface area (Å²) < 4.78 is 36.2. The first-order valence-corrected chi connectivity index (χ1v) is 3.90. The molecule has 72 valence electrons. The average Bonchev–Trinajstić information content (AvgIpc) is 1.94. The second-order valence-electron chi connectivity index (χ2n) is 2.30. The fourth-order valence-electron chi connectivity index (χ4n) is 0.718. The monoisotopic (exact) mass is 255 g/mol. The molecule has 13 heavy (non-hydrogen) atoms. The molecule has 1 aromatic rings. The van der Waals surface area contributed by atoms with Crippen LogP contribution < -0.4 is 11.5 Å². The van der Waals surface area contributed by atoms with Gasteiger partial charge in [-0.2, -0.15) is 13.2 Å². The van der Waals surface area contributed by atoms with Crippen molar-refractivity contribution in [1.29, 1.82) is 0 Å². The molecule has 0 spiro atoms. The molecule has 4 N–H and O–H groups in total. The molecule has 0 aromatic carbocycles. The molecule has 0 fully saturated rings. The third-order valence-electron chi connectivity index (χ3n) is 1.34. The van der Waals surface area contributed by atoms with Crippen molar-refractivity contribution >= 4 is 27.4 Å². The molecule has 0 aliphatic carbocycles.